The Balaban J connectivity index is 1.42. The van der Waals surface area contributed by atoms with Crippen LogP contribution in [0.1, 0.15) is 18.4 Å². The molecule has 1 N–H and O–H groups in total. The van der Waals surface area contributed by atoms with Gasteiger partial charge in [0.2, 0.25) is 21.1 Å². The predicted molar refractivity (Wildman–Crippen MR) is 132 cm³/mol. The van der Waals surface area contributed by atoms with E-state index in [1.807, 2.05) is 12.1 Å². The van der Waals surface area contributed by atoms with Crippen molar-refractivity contribution in [3.05, 3.63) is 63.1 Å². The Bertz CT molecular complexity index is 1250. The lowest BCUT2D eigenvalue weighted by molar-refractivity contribution is -0.120. The van der Waals surface area contributed by atoms with Crippen LogP contribution in [0, 0.1) is 5.92 Å². The van der Waals surface area contributed by atoms with Gasteiger partial charge >= 0.3 is 0 Å². The van der Waals surface area contributed by atoms with Crippen molar-refractivity contribution in [2.24, 2.45) is 5.92 Å². The molecule has 1 amide bonds. The first-order valence-electron chi connectivity index (χ1n) is 10.0. The molecule has 1 saturated heterocycles. The monoisotopic (exact) mass is 544 g/mol. The molecule has 0 aliphatic carbocycles. The minimum Gasteiger partial charge on any atom is -0.300 e. The highest BCUT2D eigenvalue weighted by molar-refractivity contribution is 7.88. The minimum absolute atomic E-state index is 0.0824. The number of piperidine rings is 1. The number of hydrogen-bond donors (Lipinski definition) is 1. The topological polar surface area (TPSA) is 92.3 Å². The van der Waals surface area contributed by atoms with E-state index in [1.165, 1.54) is 15.6 Å². The first-order valence-corrected chi connectivity index (χ1v) is 13.6. The maximum absolute atomic E-state index is 13.0. The number of halogens is 3. The van der Waals surface area contributed by atoms with E-state index in [1.54, 1.807) is 30.3 Å². The molecule has 12 heteroatoms. The van der Waals surface area contributed by atoms with Gasteiger partial charge in [0.25, 0.3) is 0 Å². The van der Waals surface area contributed by atoms with Gasteiger partial charge in [-0.2, -0.15) is 0 Å². The molecule has 174 valence electrons. The van der Waals surface area contributed by atoms with Gasteiger partial charge in [0.15, 0.2) is 0 Å². The second-order valence-electron chi connectivity index (χ2n) is 7.56. The summed E-state index contributed by atoms with van der Waals surface area (Å²) in [6, 6.07) is 12.0. The molecular weight excluding hydrogens is 527 g/mol. The summed E-state index contributed by atoms with van der Waals surface area (Å²) in [7, 11) is -3.71. The molecule has 0 bridgehead atoms. The largest absolute Gasteiger partial charge is 0.300 e. The maximum atomic E-state index is 13.0. The zero-order chi connectivity index (χ0) is 23.6. The molecule has 2 heterocycles. The van der Waals surface area contributed by atoms with Gasteiger partial charge in [-0.1, -0.05) is 64.3 Å². The van der Waals surface area contributed by atoms with E-state index in [0.717, 1.165) is 5.56 Å². The van der Waals surface area contributed by atoms with Crippen LogP contribution in [0.2, 0.25) is 15.1 Å². The van der Waals surface area contributed by atoms with Crippen LogP contribution < -0.4 is 5.32 Å². The normalized spacial score (nSPS) is 17.1. The van der Waals surface area contributed by atoms with Gasteiger partial charge in [0.1, 0.15) is 5.01 Å². The van der Waals surface area contributed by atoms with Gasteiger partial charge in [0, 0.05) is 39.3 Å². The SMILES string of the molecule is O=C(Nc1nnc(-c2ccc(Cl)cc2)s1)C1CCCN(S(=O)(=O)Cc2c(Cl)cccc2Cl)C1. The van der Waals surface area contributed by atoms with Crippen LogP contribution >= 0.6 is 46.1 Å². The van der Waals surface area contributed by atoms with Crippen LogP contribution in [0.25, 0.3) is 10.6 Å². The number of rotatable bonds is 6. The smallest absolute Gasteiger partial charge is 0.230 e. The fourth-order valence-corrected chi connectivity index (χ4v) is 6.78. The Morgan fingerprint density at radius 3 is 2.48 bits per heavy atom. The molecule has 4 rings (SSSR count). The van der Waals surface area contributed by atoms with Gasteiger partial charge in [-0.15, -0.1) is 10.2 Å². The Morgan fingerprint density at radius 1 is 1.09 bits per heavy atom. The number of carbonyl (C=O) groups excluding carboxylic acids is 1. The standard InChI is InChI=1S/C21H19Cl3N4O3S2/c22-15-8-6-13(7-9-15)20-26-27-21(32-20)25-19(29)14-3-2-10-28(11-14)33(30,31)12-16-17(23)4-1-5-18(16)24/h1,4-9,14H,2-3,10-12H2,(H,25,27,29). The number of hydrogen-bond acceptors (Lipinski definition) is 6. The molecule has 0 saturated carbocycles. The van der Waals surface area contributed by atoms with E-state index in [0.29, 0.717) is 50.2 Å². The molecule has 1 aliphatic rings. The number of amides is 1. The zero-order valence-electron chi connectivity index (χ0n) is 17.2. The van der Waals surface area contributed by atoms with Crippen LogP contribution in [-0.4, -0.2) is 41.9 Å². The van der Waals surface area contributed by atoms with Crippen LogP contribution in [0.4, 0.5) is 5.13 Å². The average Bonchev–Trinajstić information content (AvgIpc) is 3.25. The zero-order valence-corrected chi connectivity index (χ0v) is 21.1. The van der Waals surface area contributed by atoms with E-state index in [4.69, 9.17) is 34.8 Å². The summed E-state index contributed by atoms with van der Waals surface area (Å²) in [5.41, 5.74) is 1.20. The van der Waals surface area contributed by atoms with Crippen LogP contribution in [-0.2, 0) is 20.6 Å². The fourth-order valence-electron chi connectivity index (χ4n) is 3.54. The quantitative estimate of drug-likeness (QED) is 0.451. The molecule has 33 heavy (non-hydrogen) atoms. The van der Waals surface area contributed by atoms with Gasteiger partial charge in [-0.25, -0.2) is 12.7 Å². The van der Waals surface area contributed by atoms with Crippen molar-refractivity contribution >= 4 is 67.2 Å². The molecule has 0 radical (unpaired) electrons. The first kappa shape index (κ1) is 24.4. The molecule has 1 atom stereocenters. The van der Waals surface area contributed by atoms with E-state index >= 15 is 0 Å². The van der Waals surface area contributed by atoms with Gasteiger partial charge in [0.05, 0.1) is 11.7 Å². The molecular formula is C21H19Cl3N4O3S2. The number of benzene rings is 2. The van der Waals surface area contributed by atoms with Crippen molar-refractivity contribution < 1.29 is 13.2 Å². The van der Waals surface area contributed by atoms with Crippen LogP contribution in [0.15, 0.2) is 42.5 Å². The average molecular weight is 546 g/mol. The number of carbonyl (C=O) groups is 1. The lowest BCUT2D eigenvalue weighted by Crippen LogP contribution is -2.44. The molecule has 1 unspecified atom stereocenters. The molecule has 7 nitrogen and oxygen atoms in total. The highest BCUT2D eigenvalue weighted by Gasteiger charge is 2.33. The summed E-state index contributed by atoms with van der Waals surface area (Å²) in [6.07, 6.45) is 1.15. The second-order valence-corrected chi connectivity index (χ2v) is 11.8. The van der Waals surface area contributed by atoms with Gasteiger partial charge < -0.3 is 5.32 Å². The van der Waals surface area contributed by atoms with Crippen molar-refractivity contribution in [1.82, 2.24) is 14.5 Å². The summed E-state index contributed by atoms with van der Waals surface area (Å²) >= 11 is 19.4. The van der Waals surface area contributed by atoms with Crippen molar-refractivity contribution in [2.75, 3.05) is 18.4 Å². The van der Waals surface area contributed by atoms with Crippen LogP contribution in [0.3, 0.4) is 0 Å². The Hall–Kier alpha value is -1.75. The number of aromatic nitrogens is 2. The second kappa shape index (κ2) is 10.2. The highest BCUT2D eigenvalue weighted by Crippen LogP contribution is 2.30. The third kappa shape index (κ3) is 5.85. The molecule has 0 spiro atoms. The maximum Gasteiger partial charge on any atom is 0.230 e. The van der Waals surface area contributed by atoms with Crippen LogP contribution in [0.5, 0.6) is 0 Å². The highest BCUT2D eigenvalue weighted by atomic mass is 35.5. The van der Waals surface area contributed by atoms with E-state index in [2.05, 4.69) is 15.5 Å². The third-order valence-electron chi connectivity index (χ3n) is 5.28. The molecule has 2 aromatic carbocycles. The summed E-state index contributed by atoms with van der Waals surface area (Å²) in [4.78, 5) is 12.8. The fraction of sp³-hybridized carbons (Fsp3) is 0.286. The van der Waals surface area contributed by atoms with Crippen molar-refractivity contribution in [2.45, 2.75) is 18.6 Å². The Kier molecular flexibility index (Phi) is 7.57. The third-order valence-corrected chi connectivity index (χ3v) is 8.90. The van der Waals surface area contributed by atoms with Gasteiger partial charge in [-0.05, 0) is 37.1 Å². The molecule has 1 fully saturated rings. The summed E-state index contributed by atoms with van der Waals surface area (Å²) < 4.78 is 27.4. The molecule has 1 aromatic heterocycles. The van der Waals surface area contributed by atoms with Gasteiger partial charge in [-0.3, -0.25) is 4.79 Å². The number of anilines is 1. The van der Waals surface area contributed by atoms with Crippen molar-refractivity contribution in [1.29, 1.82) is 0 Å². The molecule has 1 aliphatic heterocycles. The number of nitrogens with zero attached hydrogens (tertiary/aromatic N) is 3. The predicted octanol–water partition coefficient (Wildman–Crippen LogP) is 5.35. The Morgan fingerprint density at radius 2 is 1.79 bits per heavy atom. The van der Waals surface area contributed by atoms with E-state index in [-0.39, 0.29) is 18.2 Å². The lowest BCUT2D eigenvalue weighted by Gasteiger charge is -2.31. The number of sulfonamides is 1. The summed E-state index contributed by atoms with van der Waals surface area (Å²) in [5, 5.41) is 13.1. The molecule has 3 aromatic rings. The minimum atomic E-state index is -3.71. The number of nitrogens with one attached hydrogen (secondary N) is 1. The van der Waals surface area contributed by atoms with Crippen molar-refractivity contribution in [3.8, 4) is 10.6 Å². The van der Waals surface area contributed by atoms with E-state index in [9.17, 15) is 13.2 Å². The summed E-state index contributed by atoms with van der Waals surface area (Å²) in [6.45, 7) is 0.423. The first-order chi connectivity index (χ1) is 15.7. The van der Waals surface area contributed by atoms with E-state index < -0.39 is 15.9 Å². The lowest BCUT2D eigenvalue weighted by atomic mass is 9.99. The summed E-state index contributed by atoms with van der Waals surface area (Å²) in [5.74, 6) is -1.11. The Labute approximate surface area is 210 Å². The van der Waals surface area contributed by atoms with Crippen molar-refractivity contribution in [3.63, 3.8) is 0 Å².